The molecule has 1 saturated heterocycles. The van der Waals surface area contributed by atoms with Crippen LogP contribution in [-0.4, -0.2) is 30.2 Å². The van der Waals surface area contributed by atoms with Crippen molar-refractivity contribution in [3.05, 3.63) is 12.2 Å². The van der Waals surface area contributed by atoms with E-state index < -0.39 is 5.79 Å². The van der Waals surface area contributed by atoms with E-state index in [-0.39, 0.29) is 11.5 Å². The molecular weight excluding hydrogens is 228 g/mol. The van der Waals surface area contributed by atoms with Gasteiger partial charge in [-0.2, -0.15) is 0 Å². The normalized spacial score (nSPS) is 34.8. The van der Waals surface area contributed by atoms with Crippen LogP contribution in [0.2, 0.25) is 0 Å². The van der Waals surface area contributed by atoms with Crippen LogP contribution in [0.5, 0.6) is 0 Å². The second kappa shape index (κ2) is 4.95. The van der Waals surface area contributed by atoms with Gasteiger partial charge in [0.1, 0.15) is 0 Å². The molecule has 2 atom stereocenters. The molecule has 0 amide bonds. The molecular formula is C15H26O3. The van der Waals surface area contributed by atoms with E-state index in [0.717, 1.165) is 25.7 Å². The molecule has 1 N–H and O–H groups in total. The van der Waals surface area contributed by atoms with Gasteiger partial charge in [0, 0.05) is 6.42 Å². The Bertz CT molecular complexity index is 316. The first kappa shape index (κ1) is 14.0. The summed E-state index contributed by atoms with van der Waals surface area (Å²) in [6, 6.07) is 0. The summed E-state index contributed by atoms with van der Waals surface area (Å²) in [4.78, 5) is 0. The number of hydrogen-bond acceptors (Lipinski definition) is 3. The molecule has 1 aliphatic heterocycles. The third kappa shape index (κ3) is 2.63. The Labute approximate surface area is 110 Å². The van der Waals surface area contributed by atoms with Gasteiger partial charge in [-0.3, -0.25) is 0 Å². The molecule has 1 aliphatic carbocycles. The molecule has 104 valence electrons. The van der Waals surface area contributed by atoms with Crippen molar-refractivity contribution in [2.75, 3.05) is 13.2 Å². The fourth-order valence-electron chi connectivity index (χ4n) is 3.31. The first-order valence-corrected chi connectivity index (χ1v) is 6.99. The highest BCUT2D eigenvalue weighted by Gasteiger charge is 2.42. The summed E-state index contributed by atoms with van der Waals surface area (Å²) in [6.45, 7) is 11.9. The van der Waals surface area contributed by atoms with Gasteiger partial charge in [-0.25, -0.2) is 0 Å². The molecule has 3 nitrogen and oxygen atoms in total. The quantitative estimate of drug-likeness (QED) is 0.787. The van der Waals surface area contributed by atoms with Gasteiger partial charge in [0.2, 0.25) is 0 Å². The van der Waals surface area contributed by atoms with Crippen molar-refractivity contribution in [1.82, 2.24) is 0 Å². The summed E-state index contributed by atoms with van der Waals surface area (Å²) < 4.78 is 11.3. The number of rotatable bonds is 3. The summed E-state index contributed by atoms with van der Waals surface area (Å²) in [7, 11) is 0. The molecule has 1 saturated carbocycles. The minimum absolute atomic E-state index is 0.0930. The Hall–Kier alpha value is -0.380. The Balaban J connectivity index is 1.99. The smallest absolute Gasteiger partial charge is 0.165 e. The van der Waals surface area contributed by atoms with E-state index in [0.29, 0.717) is 19.1 Å². The average Bonchev–Trinajstić information content (AvgIpc) is 2.71. The van der Waals surface area contributed by atoms with E-state index in [4.69, 9.17) is 9.47 Å². The van der Waals surface area contributed by atoms with Gasteiger partial charge < -0.3 is 14.6 Å². The highest BCUT2D eigenvalue weighted by Crippen LogP contribution is 2.46. The molecule has 0 unspecified atom stereocenters. The van der Waals surface area contributed by atoms with E-state index in [1.54, 1.807) is 0 Å². The molecule has 2 aliphatic rings. The van der Waals surface area contributed by atoms with Crippen LogP contribution in [0, 0.1) is 11.3 Å². The van der Waals surface area contributed by atoms with Crippen molar-refractivity contribution in [1.29, 1.82) is 0 Å². The number of ether oxygens (including phenoxy) is 2. The monoisotopic (exact) mass is 254 g/mol. The van der Waals surface area contributed by atoms with Crippen molar-refractivity contribution < 1.29 is 14.6 Å². The van der Waals surface area contributed by atoms with Crippen LogP contribution in [0.1, 0.15) is 46.5 Å². The molecule has 0 aromatic carbocycles. The summed E-state index contributed by atoms with van der Waals surface area (Å²) in [5.41, 5.74) is 1.18. The largest absolute Gasteiger partial charge is 0.393 e. The molecule has 0 aromatic heterocycles. The Kier molecular flexibility index (Phi) is 3.86. The Morgan fingerprint density at radius 1 is 1.28 bits per heavy atom. The lowest BCUT2D eigenvalue weighted by Crippen LogP contribution is -2.42. The summed E-state index contributed by atoms with van der Waals surface area (Å²) in [6.07, 6.45) is 3.39. The van der Waals surface area contributed by atoms with Crippen LogP contribution in [-0.2, 0) is 9.47 Å². The minimum Gasteiger partial charge on any atom is -0.393 e. The molecule has 18 heavy (non-hydrogen) atoms. The molecule has 1 heterocycles. The number of allylic oxidation sites excluding steroid dienone is 1. The molecule has 2 rings (SSSR count). The standard InChI is InChI=1S/C15H26O3/c1-11-5-6-13(16)14(2,3)12(11)7-8-15(4)17-9-10-18-15/h12-13,16H,1,5-10H2,2-4H3/t12-,13+/m1/s1. The number of aliphatic hydroxyl groups excluding tert-OH is 1. The van der Waals surface area contributed by atoms with Crippen LogP contribution < -0.4 is 0 Å². The van der Waals surface area contributed by atoms with E-state index in [2.05, 4.69) is 20.4 Å². The van der Waals surface area contributed by atoms with Crippen molar-refractivity contribution in [3.8, 4) is 0 Å². The molecule has 0 spiro atoms. The summed E-state index contributed by atoms with van der Waals surface area (Å²) in [5.74, 6) is -0.0791. The van der Waals surface area contributed by atoms with Gasteiger partial charge >= 0.3 is 0 Å². The lowest BCUT2D eigenvalue weighted by molar-refractivity contribution is -0.152. The maximum atomic E-state index is 10.2. The molecule has 2 fully saturated rings. The first-order chi connectivity index (χ1) is 8.35. The van der Waals surface area contributed by atoms with Crippen molar-refractivity contribution in [3.63, 3.8) is 0 Å². The number of hydrogen-bond donors (Lipinski definition) is 1. The minimum atomic E-state index is -0.432. The topological polar surface area (TPSA) is 38.7 Å². The third-order valence-electron chi connectivity index (χ3n) is 4.77. The summed E-state index contributed by atoms with van der Waals surface area (Å²) >= 11 is 0. The van der Waals surface area contributed by atoms with Crippen LogP contribution in [0.3, 0.4) is 0 Å². The zero-order valence-corrected chi connectivity index (χ0v) is 11.9. The SMILES string of the molecule is C=C1CC[C@H](O)C(C)(C)[C@@H]1CCC1(C)OCCO1. The zero-order chi connectivity index (χ0) is 13.4. The maximum Gasteiger partial charge on any atom is 0.165 e. The van der Waals surface area contributed by atoms with Gasteiger partial charge in [-0.15, -0.1) is 0 Å². The van der Waals surface area contributed by atoms with Crippen LogP contribution >= 0.6 is 0 Å². The van der Waals surface area contributed by atoms with Crippen molar-refractivity contribution in [2.24, 2.45) is 11.3 Å². The van der Waals surface area contributed by atoms with E-state index in [1.807, 2.05) is 6.92 Å². The number of aliphatic hydroxyl groups is 1. The van der Waals surface area contributed by atoms with Gasteiger partial charge in [0.05, 0.1) is 19.3 Å². The second-order valence-corrected chi connectivity index (χ2v) is 6.46. The van der Waals surface area contributed by atoms with Crippen LogP contribution in [0.15, 0.2) is 12.2 Å². The van der Waals surface area contributed by atoms with Crippen molar-refractivity contribution in [2.45, 2.75) is 58.3 Å². The fourth-order valence-corrected chi connectivity index (χ4v) is 3.31. The molecule has 0 radical (unpaired) electrons. The van der Waals surface area contributed by atoms with E-state index in [9.17, 15) is 5.11 Å². The van der Waals surface area contributed by atoms with Gasteiger partial charge in [-0.05, 0) is 37.5 Å². The van der Waals surface area contributed by atoms with Gasteiger partial charge in [-0.1, -0.05) is 26.0 Å². The first-order valence-electron chi connectivity index (χ1n) is 6.99. The predicted octanol–water partition coefficient (Wildman–Crippen LogP) is 2.88. The van der Waals surface area contributed by atoms with Crippen LogP contribution in [0.4, 0.5) is 0 Å². The highest BCUT2D eigenvalue weighted by atomic mass is 16.7. The van der Waals surface area contributed by atoms with Crippen molar-refractivity contribution >= 4 is 0 Å². The van der Waals surface area contributed by atoms with Crippen LogP contribution in [0.25, 0.3) is 0 Å². The molecule has 0 bridgehead atoms. The fraction of sp³-hybridized carbons (Fsp3) is 0.867. The Morgan fingerprint density at radius 3 is 2.50 bits per heavy atom. The summed E-state index contributed by atoms with van der Waals surface area (Å²) in [5, 5.41) is 10.2. The zero-order valence-electron chi connectivity index (χ0n) is 11.9. The molecule has 3 heteroatoms. The van der Waals surface area contributed by atoms with Gasteiger partial charge in [0.15, 0.2) is 5.79 Å². The second-order valence-electron chi connectivity index (χ2n) is 6.46. The Morgan fingerprint density at radius 2 is 1.89 bits per heavy atom. The van der Waals surface area contributed by atoms with E-state index in [1.165, 1.54) is 5.57 Å². The van der Waals surface area contributed by atoms with E-state index >= 15 is 0 Å². The lowest BCUT2D eigenvalue weighted by Gasteiger charge is -2.44. The van der Waals surface area contributed by atoms with Gasteiger partial charge in [0.25, 0.3) is 0 Å². The molecule has 0 aromatic rings. The third-order valence-corrected chi connectivity index (χ3v) is 4.77. The lowest BCUT2D eigenvalue weighted by atomic mass is 9.63. The average molecular weight is 254 g/mol. The predicted molar refractivity (Wildman–Crippen MR) is 71.2 cm³/mol. The highest BCUT2D eigenvalue weighted by molar-refractivity contribution is 5.12. The maximum absolute atomic E-state index is 10.2.